The van der Waals surface area contributed by atoms with Gasteiger partial charge < -0.3 is 5.11 Å². The average molecular weight is 263 g/mol. The first-order valence-electron chi connectivity index (χ1n) is 6.11. The van der Waals surface area contributed by atoms with Gasteiger partial charge >= 0.3 is 5.97 Å². The molecule has 1 aliphatic rings. The van der Waals surface area contributed by atoms with E-state index in [4.69, 9.17) is 5.11 Å². The summed E-state index contributed by atoms with van der Waals surface area (Å²) in [4.78, 5) is 12.5. The number of rotatable bonds is 9. The van der Waals surface area contributed by atoms with Crippen LogP contribution in [-0.2, 0) is 14.6 Å². The van der Waals surface area contributed by atoms with E-state index >= 15 is 0 Å². The Morgan fingerprint density at radius 1 is 1.29 bits per heavy atom. The summed E-state index contributed by atoms with van der Waals surface area (Å²) in [7, 11) is -2.96. The Kier molecular flexibility index (Phi) is 5.39. The van der Waals surface area contributed by atoms with E-state index in [9.17, 15) is 13.2 Å². The first-order chi connectivity index (χ1) is 7.94. The predicted octanol–water partition coefficient (Wildman–Crippen LogP) is 0.750. The van der Waals surface area contributed by atoms with E-state index in [2.05, 4.69) is 0 Å². The molecule has 0 aromatic carbocycles. The van der Waals surface area contributed by atoms with Crippen LogP contribution in [-0.4, -0.2) is 55.0 Å². The van der Waals surface area contributed by atoms with Gasteiger partial charge in [0.25, 0.3) is 0 Å². The van der Waals surface area contributed by atoms with Crippen molar-refractivity contribution in [3.05, 3.63) is 0 Å². The summed E-state index contributed by atoms with van der Waals surface area (Å²) < 4.78 is 23.1. The number of hydrogen-bond acceptors (Lipinski definition) is 4. The summed E-state index contributed by atoms with van der Waals surface area (Å²) in [6.45, 7) is 2.78. The van der Waals surface area contributed by atoms with Gasteiger partial charge in [-0.3, -0.25) is 9.69 Å². The van der Waals surface area contributed by atoms with E-state index in [-0.39, 0.29) is 17.9 Å². The highest BCUT2D eigenvalue weighted by atomic mass is 32.2. The van der Waals surface area contributed by atoms with E-state index in [1.165, 1.54) is 0 Å². The van der Waals surface area contributed by atoms with Crippen LogP contribution < -0.4 is 0 Å². The van der Waals surface area contributed by atoms with Gasteiger partial charge in [-0.1, -0.05) is 6.92 Å². The molecular formula is C11H21NO4S. The summed E-state index contributed by atoms with van der Waals surface area (Å²) in [6, 6.07) is 0.408. The normalized spacial score (nSPS) is 16.4. The van der Waals surface area contributed by atoms with Gasteiger partial charge in [0.2, 0.25) is 0 Å². The smallest absolute Gasteiger partial charge is 0.304 e. The zero-order valence-corrected chi connectivity index (χ0v) is 11.1. The molecule has 0 aliphatic heterocycles. The fraction of sp³-hybridized carbons (Fsp3) is 0.909. The van der Waals surface area contributed by atoms with Gasteiger partial charge in [-0.15, -0.1) is 0 Å². The highest BCUT2D eigenvalue weighted by molar-refractivity contribution is 7.91. The second-order valence-corrected chi connectivity index (χ2v) is 6.87. The minimum atomic E-state index is -2.96. The molecule has 0 saturated heterocycles. The minimum absolute atomic E-state index is 0.0876. The largest absolute Gasteiger partial charge is 0.481 e. The lowest BCUT2D eigenvalue weighted by Crippen LogP contribution is -2.33. The molecule has 0 radical (unpaired) electrons. The van der Waals surface area contributed by atoms with E-state index < -0.39 is 15.8 Å². The molecule has 17 heavy (non-hydrogen) atoms. The van der Waals surface area contributed by atoms with E-state index in [0.717, 1.165) is 12.8 Å². The van der Waals surface area contributed by atoms with Crippen molar-refractivity contribution in [3.63, 3.8) is 0 Å². The van der Waals surface area contributed by atoms with Crippen molar-refractivity contribution in [2.75, 3.05) is 24.6 Å². The third kappa shape index (κ3) is 6.02. The second-order valence-electron chi connectivity index (χ2n) is 4.56. The summed E-state index contributed by atoms with van der Waals surface area (Å²) >= 11 is 0. The van der Waals surface area contributed by atoms with Crippen molar-refractivity contribution < 1.29 is 18.3 Å². The van der Waals surface area contributed by atoms with Gasteiger partial charge in [0, 0.05) is 24.9 Å². The summed E-state index contributed by atoms with van der Waals surface area (Å²) in [5.41, 5.74) is 0. The first-order valence-corrected chi connectivity index (χ1v) is 7.93. The Bertz CT molecular complexity index is 348. The van der Waals surface area contributed by atoms with E-state index in [0.29, 0.717) is 25.6 Å². The Morgan fingerprint density at radius 3 is 2.41 bits per heavy atom. The second kappa shape index (κ2) is 6.35. The van der Waals surface area contributed by atoms with Crippen molar-refractivity contribution in [2.45, 2.75) is 38.6 Å². The number of hydrogen-bond donors (Lipinski definition) is 1. The number of aliphatic carboxylic acids is 1. The summed E-state index contributed by atoms with van der Waals surface area (Å²) in [5, 5.41) is 8.63. The number of nitrogens with zero attached hydrogens (tertiary/aromatic N) is 1. The molecule has 0 aromatic rings. The molecule has 0 atom stereocenters. The zero-order chi connectivity index (χ0) is 12.9. The fourth-order valence-electron chi connectivity index (χ4n) is 1.83. The third-order valence-electron chi connectivity index (χ3n) is 2.88. The Labute approximate surface area is 103 Å². The monoisotopic (exact) mass is 263 g/mol. The van der Waals surface area contributed by atoms with Crippen LogP contribution in [0.2, 0.25) is 0 Å². The average Bonchev–Trinajstić information content (AvgIpc) is 3.01. The van der Waals surface area contributed by atoms with Crippen molar-refractivity contribution in [3.8, 4) is 0 Å². The van der Waals surface area contributed by atoms with Crippen molar-refractivity contribution in [1.29, 1.82) is 0 Å². The summed E-state index contributed by atoms with van der Waals surface area (Å²) in [6.07, 6.45) is 2.85. The topological polar surface area (TPSA) is 74.7 Å². The maximum absolute atomic E-state index is 11.6. The van der Waals surface area contributed by atoms with Crippen LogP contribution >= 0.6 is 0 Å². The van der Waals surface area contributed by atoms with Crippen LogP contribution in [0.3, 0.4) is 0 Å². The van der Waals surface area contributed by atoms with Crippen LogP contribution in [0.4, 0.5) is 0 Å². The number of carboxylic acids is 1. The molecule has 1 N–H and O–H groups in total. The van der Waals surface area contributed by atoms with Crippen LogP contribution in [0.15, 0.2) is 0 Å². The molecule has 1 fully saturated rings. The highest BCUT2D eigenvalue weighted by Crippen LogP contribution is 2.26. The van der Waals surface area contributed by atoms with E-state index in [1.807, 2.05) is 11.8 Å². The molecule has 0 aromatic heterocycles. The molecule has 0 heterocycles. The lowest BCUT2D eigenvalue weighted by Gasteiger charge is -2.20. The number of carbonyl (C=O) groups is 1. The lowest BCUT2D eigenvalue weighted by molar-refractivity contribution is -0.137. The summed E-state index contributed by atoms with van der Waals surface area (Å²) in [5.74, 6) is -0.450. The van der Waals surface area contributed by atoms with Crippen LogP contribution in [0.1, 0.15) is 32.6 Å². The first kappa shape index (κ1) is 14.4. The van der Waals surface area contributed by atoms with Gasteiger partial charge in [-0.25, -0.2) is 8.42 Å². The molecule has 0 unspecified atom stereocenters. The Balaban J connectivity index is 2.36. The molecule has 100 valence electrons. The number of carboxylic acid groups (broad SMARTS) is 1. The molecule has 0 bridgehead atoms. The van der Waals surface area contributed by atoms with E-state index in [1.54, 1.807) is 0 Å². The quantitative estimate of drug-likeness (QED) is 0.664. The van der Waals surface area contributed by atoms with Gasteiger partial charge in [0.1, 0.15) is 0 Å². The zero-order valence-electron chi connectivity index (χ0n) is 10.3. The van der Waals surface area contributed by atoms with Gasteiger partial charge in [-0.2, -0.15) is 0 Å². The molecule has 5 nitrogen and oxygen atoms in total. The highest BCUT2D eigenvalue weighted by Gasteiger charge is 2.29. The van der Waals surface area contributed by atoms with Gasteiger partial charge in [-0.05, 0) is 19.3 Å². The fourth-order valence-corrected chi connectivity index (χ4v) is 3.16. The predicted molar refractivity (Wildman–Crippen MR) is 65.8 cm³/mol. The van der Waals surface area contributed by atoms with Gasteiger partial charge in [0.15, 0.2) is 9.84 Å². The molecule has 1 aliphatic carbocycles. The Hall–Kier alpha value is -0.620. The van der Waals surface area contributed by atoms with Crippen molar-refractivity contribution in [1.82, 2.24) is 4.90 Å². The molecular weight excluding hydrogens is 242 g/mol. The standard InChI is InChI=1S/C11H21NO4S/c1-2-8-17(15,16)9-7-12(10-3-4-10)6-5-11(13)14/h10H,2-9H2,1H3,(H,13,14). The van der Waals surface area contributed by atoms with Crippen molar-refractivity contribution in [2.24, 2.45) is 0 Å². The van der Waals surface area contributed by atoms with Crippen LogP contribution in [0.5, 0.6) is 0 Å². The van der Waals surface area contributed by atoms with Crippen LogP contribution in [0.25, 0.3) is 0 Å². The number of sulfone groups is 1. The lowest BCUT2D eigenvalue weighted by atomic mass is 10.3. The Morgan fingerprint density at radius 2 is 1.94 bits per heavy atom. The van der Waals surface area contributed by atoms with Gasteiger partial charge in [0.05, 0.1) is 12.2 Å². The minimum Gasteiger partial charge on any atom is -0.481 e. The molecule has 1 saturated carbocycles. The molecule has 0 spiro atoms. The SMILES string of the molecule is CCCS(=O)(=O)CCN(CCC(=O)O)C1CC1. The molecule has 0 amide bonds. The van der Waals surface area contributed by atoms with Crippen molar-refractivity contribution >= 4 is 15.8 Å². The van der Waals surface area contributed by atoms with Crippen LogP contribution in [0, 0.1) is 0 Å². The maximum atomic E-state index is 11.6. The molecule has 6 heteroatoms. The maximum Gasteiger partial charge on any atom is 0.304 e. The third-order valence-corrected chi connectivity index (χ3v) is 4.72. The molecule has 1 rings (SSSR count).